The first-order valence-corrected chi connectivity index (χ1v) is 8.75. The van der Waals surface area contributed by atoms with Crippen molar-refractivity contribution in [2.24, 2.45) is 0 Å². The van der Waals surface area contributed by atoms with Crippen LogP contribution in [-0.4, -0.2) is 25.8 Å². The van der Waals surface area contributed by atoms with Crippen LogP contribution >= 0.6 is 0 Å². The van der Waals surface area contributed by atoms with Crippen molar-refractivity contribution >= 4 is 11.7 Å². The molecule has 1 heterocycles. The maximum Gasteiger partial charge on any atom is 0.319 e. The summed E-state index contributed by atoms with van der Waals surface area (Å²) in [5.41, 5.74) is 2.08. The van der Waals surface area contributed by atoms with Crippen LogP contribution in [0.4, 0.5) is 10.5 Å². The summed E-state index contributed by atoms with van der Waals surface area (Å²) in [7, 11) is 0. The zero-order valence-corrected chi connectivity index (χ0v) is 14.1. The van der Waals surface area contributed by atoms with Crippen LogP contribution in [0, 0.1) is 0 Å². The molecule has 2 aromatic rings. The largest absolute Gasteiger partial charge is 0.486 e. The number of carbonyl (C=O) groups excluding carboxylic acids is 1. The Kier molecular flexibility index (Phi) is 4.22. The fraction of sp³-hybridized carbons (Fsp3) is 0.350. The van der Waals surface area contributed by atoms with Crippen molar-refractivity contribution in [2.75, 3.05) is 25.1 Å². The number of amides is 2. The number of fused-ring (bicyclic) bond motifs is 1. The van der Waals surface area contributed by atoms with E-state index >= 15 is 0 Å². The van der Waals surface area contributed by atoms with Crippen molar-refractivity contribution in [1.29, 1.82) is 0 Å². The lowest BCUT2D eigenvalue weighted by Crippen LogP contribution is -2.46. The highest BCUT2D eigenvalue weighted by Gasteiger charge is 2.38. The number of benzene rings is 2. The Balaban J connectivity index is 1.38. The Bertz CT molecular complexity index is 757. The van der Waals surface area contributed by atoms with Gasteiger partial charge in [-0.2, -0.15) is 0 Å². The third-order valence-corrected chi connectivity index (χ3v) is 5.08. The molecule has 1 aliphatic carbocycles. The number of hydrogen-bond acceptors (Lipinski definition) is 3. The second-order valence-electron chi connectivity index (χ2n) is 6.67. The molecule has 2 aromatic carbocycles. The van der Waals surface area contributed by atoms with Gasteiger partial charge in [-0.25, -0.2) is 4.79 Å². The molecule has 5 heteroatoms. The third-order valence-electron chi connectivity index (χ3n) is 5.08. The maximum absolute atomic E-state index is 12.3. The minimum absolute atomic E-state index is 0.0748. The SMILES string of the molecule is O=C(NCC1(c2ccccc2)CCC1)Nc1ccc2c(c1)OCCO2. The zero-order valence-electron chi connectivity index (χ0n) is 14.1. The van der Waals surface area contributed by atoms with Crippen LogP contribution in [0.25, 0.3) is 0 Å². The third kappa shape index (κ3) is 3.27. The predicted octanol–water partition coefficient (Wildman–Crippen LogP) is 3.70. The molecule has 25 heavy (non-hydrogen) atoms. The lowest BCUT2D eigenvalue weighted by molar-refractivity contribution is 0.171. The van der Waals surface area contributed by atoms with Gasteiger partial charge in [0.05, 0.1) is 0 Å². The minimum Gasteiger partial charge on any atom is -0.486 e. The van der Waals surface area contributed by atoms with Gasteiger partial charge in [0.2, 0.25) is 0 Å². The summed E-state index contributed by atoms with van der Waals surface area (Å²) in [6, 6.07) is 15.7. The number of nitrogens with one attached hydrogen (secondary N) is 2. The van der Waals surface area contributed by atoms with Crippen LogP contribution in [0.5, 0.6) is 11.5 Å². The van der Waals surface area contributed by atoms with E-state index in [9.17, 15) is 4.79 Å². The minimum atomic E-state index is -0.195. The highest BCUT2D eigenvalue weighted by Crippen LogP contribution is 2.43. The van der Waals surface area contributed by atoms with Gasteiger partial charge in [0, 0.05) is 23.7 Å². The Morgan fingerprint density at radius 2 is 1.76 bits per heavy atom. The number of carbonyl (C=O) groups is 1. The van der Waals surface area contributed by atoms with E-state index < -0.39 is 0 Å². The molecule has 0 spiro atoms. The van der Waals surface area contributed by atoms with E-state index in [2.05, 4.69) is 34.9 Å². The number of anilines is 1. The van der Waals surface area contributed by atoms with Gasteiger partial charge in [0.1, 0.15) is 13.2 Å². The summed E-state index contributed by atoms with van der Waals surface area (Å²) in [6.45, 7) is 1.73. The molecule has 1 aliphatic heterocycles. The van der Waals surface area contributed by atoms with Crippen molar-refractivity contribution in [3.8, 4) is 11.5 Å². The summed E-state index contributed by atoms with van der Waals surface area (Å²) in [4.78, 5) is 12.3. The molecule has 0 saturated heterocycles. The Labute approximate surface area is 147 Å². The molecular weight excluding hydrogens is 316 g/mol. The number of ether oxygens (including phenoxy) is 2. The van der Waals surface area contributed by atoms with Gasteiger partial charge >= 0.3 is 6.03 Å². The zero-order chi connectivity index (χ0) is 17.1. The molecule has 2 N–H and O–H groups in total. The second kappa shape index (κ2) is 6.67. The van der Waals surface area contributed by atoms with E-state index in [1.165, 1.54) is 12.0 Å². The average molecular weight is 338 g/mol. The molecule has 0 aromatic heterocycles. The number of hydrogen-bond donors (Lipinski definition) is 2. The smallest absolute Gasteiger partial charge is 0.319 e. The van der Waals surface area contributed by atoms with Gasteiger partial charge in [-0.05, 0) is 30.5 Å². The van der Waals surface area contributed by atoms with Crippen LogP contribution in [-0.2, 0) is 5.41 Å². The van der Waals surface area contributed by atoms with Gasteiger partial charge in [-0.15, -0.1) is 0 Å². The quantitative estimate of drug-likeness (QED) is 0.893. The van der Waals surface area contributed by atoms with Crippen LogP contribution in [0.1, 0.15) is 24.8 Å². The molecule has 1 fully saturated rings. The summed E-state index contributed by atoms with van der Waals surface area (Å²) >= 11 is 0. The molecular formula is C20H22N2O3. The average Bonchev–Trinajstić information content (AvgIpc) is 2.62. The van der Waals surface area contributed by atoms with Gasteiger partial charge in [-0.1, -0.05) is 36.8 Å². The summed E-state index contributed by atoms with van der Waals surface area (Å²) in [6.07, 6.45) is 3.43. The van der Waals surface area contributed by atoms with Crippen molar-refractivity contribution < 1.29 is 14.3 Å². The molecule has 2 aliphatic rings. The molecule has 1 saturated carbocycles. The summed E-state index contributed by atoms with van der Waals surface area (Å²) < 4.78 is 11.0. The summed E-state index contributed by atoms with van der Waals surface area (Å²) in [5, 5.41) is 5.91. The molecule has 130 valence electrons. The second-order valence-corrected chi connectivity index (χ2v) is 6.67. The van der Waals surface area contributed by atoms with E-state index in [1.807, 2.05) is 18.2 Å². The van der Waals surface area contributed by atoms with E-state index in [4.69, 9.17) is 9.47 Å². The van der Waals surface area contributed by atoms with Gasteiger partial charge in [-0.3, -0.25) is 0 Å². The molecule has 0 unspecified atom stereocenters. The maximum atomic E-state index is 12.3. The summed E-state index contributed by atoms with van der Waals surface area (Å²) in [5.74, 6) is 1.39. The number of rotatable bonds is 4. The van der Waals surface area contributed by atoms with Crippen LogP contribution in [0.15, 0.2) is 48.5 Å². The first-order chi connectivity index (χ1) is 12.3. The first kappa shape index (κ1) is 15.8. The molecule has 0 bridgehead atoms. The van der Waals surface area contributed by atoms with Gasteiger partial charge in [0.15, 0.2) is 11.5 Å². The first-order valence-electron chi connectivity index (χ1n) is 8.75. The number of urea groups is 1. The van der Waals surface area contributed by atoms with E-state index in [0.717, 1.165) is 18.6 Å². The fourth-order valence-electron chi connectivity index (χ4n) is 3.51. The molecule has 2 amide bonds. The topological polar surface area (TPSA) is 59.6 Å². The van der Waals surface area contributed by atoms with E-state index in [-0.39, 0.29) is 11.4 Å². The highest BCUT2D eigenvalue weighted by atomic mass is 16.6. The Morgan fingerprint density at radius 1 is 1.00 bits per heavy atom. The Hall–Kier alpha value is -2.69. The monoisotopic (exact) mass is 338 g/mol. The van der Waals surface area contributed by atoms with Crippen molar-refractivity contribution in [1.82, 2.24) is 5.32 Å². The fourth-order valence-corrected chi connectivity index (χ4v) is 3.51. The van der Waals surface area contributed by atoms with Gasteiger partial charge in [0.25, 0.3) is 0 Å². The lowest BCUT2D eigenvalue weighted by Gasteiger charge is -2.42. The molecule has 5 nitrogen and oxygen atoms in total. The molecule has 4 rings (SSSR count). The highest BCUT2D eigenvalue weighted by molar-refractivity contribution is 5.89. The van der Waals surface area contributed by atoms with Crippen LogP contribution in [0.3, 0.4) is 0 Å². The van der Waals surface area contributed by atoms with E-state index in [1.54, 1.807) is 6.07 Å². The van der Waals surface area contributed by atoms with Crippen LogP contribution in [0.2, 0.25) is 0 Å². The van der Waals surface area contributed by atoms with Crippen LogP contribution < -0.4 is 20.1 Å². The van der Waals surface area contributed by atoms with Crippen molar-refractivity contribution in [3.63, 3.8) is 0 Å². The molecule has 0 radical (unpaired) electrons. The van der Waals surface area contributed by atoms with E-state index in [0.29, 0.717) is 31.2 Å². The van der Waals surface area contributed by atoms with Crippen molar-refractivity contribution in [2.45, 2.75) is 24.7 Å². The predicted molar refractivity (Wildman–Crippen MR) is 96.4 cm³/mol. The lowest BCUT2D eigenvalue weighted by atomic mass is 9.64. The van der Waals surface area contributed by atoms with Crippen molar-refractivity contribution in [3.05, 3.63) is 54.1 Å². The standard InChI is InChI=1S/C20H22N2O3/c23-19(22-16-7-8-17-18(13-16)25-12-11-24-17)21-14-20(9-4-10-20)15-5-2-1-3-6-15/h1-3,5-8,13H,4,9-12,14H2,(H2,21,22,23). The molecule has 0 atom stereocenters. The normalized spacial score (nSPS) is 17.3. The van der Waals surface area contributed by atoms with Gasteiger partial charge < -0.3 is 20.1 Å². The Morgan fingerprint density at radius 3 is 2.48 bits per heavy atom.